The highest BCUT2D eigenvalue weighted by Gasteiger charge is 2.20. The third kappa shape index (κ3) is 6.05. The van der Waals surface area contributed by atoms with E-state index in [1.165, 1.54) is 0 Å². The monoisotopic (exact) mass is 232 g/mol. The normalized spacial score (nSPS) is 12.8. The van der Waals surface area contributed by atoms with Crippen LogP contribution in [0.15, 0.2) is 0 Å². The fourth-order valence-electron chi connectivity index (χ4n) is 1.38. The van der Waals surface area contributed by atoms with Crippen molar-refractivity contribution in [2.75, 3.05) is 47.0 Å². The first kappa shape index (κ1) is 15.3. The van der Waals surface area contributed by atoms with Crippen LogP contribution in [-0.2, 0) is 14.3 Å². The van der Waals surface area contributed by atoms with Gasteiger partial charge in [0.2, 0.25) is 0 Å². The number of rotatable bonds is 9. The summed E-state index contributed by atoms with van der Waals surface area (Å²) in [7, 11) is 3.44. The Morgan fingerprint density at radius 3 is 2.56 bits per heavy atom. The molecule has 16 heavy (non-hydrogen) atoms. The largest absolute Gasteiger partial charge is 0.465 e. The highest BCUT2D eigenvalue weighted by molar-refractivity contribution is 5.76. The van der Waals surface area contributed by atoms with Gasteiger partial charge in [-0.05, 0) is 20.5 Å². The molecule has 5 nitrogen and oxygen atoms in total. The second kappa shape index (κ2) is 9.57. The molecular formula is C11H24N2O3. The molecule has 0 aromatic rings. The third-order valence-corrected chi connectivity index (χ3v) is 2.42. The summed E-state index contributed by atoms with van der Waals surface area (Å²) in [6.07, 6.45) is 0. The Hall–Kier alpha value is -0.650. The number of nitrogens with one attached hydrogen (secondary N) is 1. The van der Waals surface area contributed by atoms with Crippen molar-refractivity contribution < 1.29 is 14.3 Å². The first-order chi connectivity index (χ1) is 7.69. The summed E-state index contributed by atoms with van der Waals surface area (Å²) in [5, 5.41) is 2.97. The Labute approximate surface area is 98.1 Å². The summed E-state index contributed by atoms with van der Waals surface area (Å²) in [6, 6.07) is -0.267. The molecule has 0 radical (unpaired) electrons. The first-order valence-corrected chi connectivity index (χ1v) is 5.74. The summed E-state index contributed by atoms with van der Waals surface area (Å²) >= 11 is 0. The van der Waals surface area contributed by atoms with Gasteiger partial charge in [-0.1, -0.05) is 6.92 Å². The molecule has 0 aliphatic carbocycles. The molecule has 1 N–H and O–H groups in total. The first-order valence-electron chi connectivity index (χ1n) is 5.74. The number of esters is 1. The van der Waals surface area contributed by atoms with Crippen LogP contribution in [0.3, 0.4) is 0 Å². The van der Waals surface area contributed by atoms with E-state index in [0.29, 0.717) is 19.8 Å². The van der Waals surface area contributed by atoms with Gasteiger partial charge in [-0.25, -0.2) is 0 Å². The number of carbonyl (C=O) groups is 1. The molecule has 0 aliphatic heterocycles. The predicted molar refractivity (Wildman–Crippen MR) is 63.5 cm³/mol. The van der Waals surface area contributed by atoms with Crippen molar-refractivity contribution in [2.24, 2.45) is 0 Å². The van der Waals surface area contributed by atoms with E-state index in [1.54, 1.807) is 14.2 Å². The Morgan fingerprint density at radius 2 is 2.12 bits per heavy atom. The number of carbonyl (C=O) groups excluding carboxylic acids is 1. The van der Waals surface area contributed by atoms with Crippen molar-refractivity contribution in [1.82, 2.24) is 10.2 Å². The van der Waals surface area contributed by atoms with E-state index < -0.39 is 0 Å². The van der Waals surface area contributed by atoms with E-state index >= 15 is 0 Å². The van der Waals surface area contributed by atoms with Crippen LogP contribution in [-0.4, -0.2) is 63.9 Å². The molecule has 0 aromatic heterocycles. The van der Waals surface area contributed by atoms with Gasteiger partial charge in [0, 0.05) is 20.2 Å². The van der Waals surface area contributed by atoms with E-state index in [1.807, 2.05) is 6.92 Å². The third-order valence-electron chi connectivity index (χ3n) is 2.42. The van der Waals surface area contributed by atoms with Crippen LogP contribution in [0.5, 0.6) is 0 Å². The second-order valence-electron chi connectivity index (χ2n) is 3.48. The molecule has 0 heterocycles. The highest BCUT2D eigenvalue weighted by Crippen LogP contribution is 1.95. The molecule has 96 valence electrons. The number of hydrogen-bond donors (Lipinski definition) is 1. The van der Waals surface area contributed by atoms with Gasteiger partial charge >= 0.3 is 5.97 Å². The van der Waals surface area contributed by atoms with Gasteiger partial charge in [0.25, 0.3) is 0 Å². The van der Waals surface area contributed by atoms with Crippen LogP contribution in [0.4, 0.5) is 0 Å². The zero-order valence-corrected chi connectivity index (χ0v) is 10.8. The fourth-order valence-corrected chi connectivity index (χ4v) is 1.38. The zero-order chi connectivity index (χ0) is 12.4. The molecular weight excluding hydrogens is 208 g/mol. The minimum Gasteiger partial charge on any atom is -0.465 e. The molecule has 0 aliphatic rings. The Morgan fingerprint density at radius 1 is 1.44 bits per heavy atom. The van der Waals surface area contributed by atoms with E-state index in [4.69, 9.17) is 9.47 Å². The van der Waals surface area contributed by atoms with Gasteiger partial charge in [0.1, 0.15) is 6.04 Å². The standard InChI is InChI=1S/C11H24N2O3/c1-5-13(7-8-15-4)9-10(12-3)11(14)16-6-2/h10,12H,5-9H2,1-4H3. The zero-order valence-electron chi connectivity index (χ0n) is 10.8. The van der Waals surface area contributed by atoms with Gasteiger partial charge in [0.15, 0.2) is 0 Å². The Kier molecular flexibility index (Phi) is 9.18. The molecule has 1 atom stereocenters. The number of hydrogen-bond acceptors (Lipinski definition) is 5. The molecule has 0 amide bonds. The molecule has 0 spiro atoms. The van der Waals surface area contributed by atoms with E-state index in [9.17, 15) is 4.79 Å². The average Bonchev–Trinajstić information content (AvgIpc) is 2.30. The average molecular weight is 232 g/mol. The van der Waals surface area contributed by atoms with Crippen molar-refractivity contribution >= 4 is 5.97 Å². The van der Waals surface area contributed by atoms with Crippen molar-refractivity contribution in [3.05, 3.63) is 0 Å². The van der Waals surface area contributed by atoms with Crippen LogP contribution in [0.25, 0.3) is 0 Å². The number of ether oxygens (including phenoxy) is 2. The van der Waals surface area contributed by atoms with E-state index in [0.717, 1.165) is 13.1 Å². The number of likely N-dealkylation sites (N-methyl/N-ethyl adjacent to an activating group) is 2. The van der Waals surface area contributed by atoms with Crippen molar-refractivity contribution in [3.63, 3.8) is 0 Å². The smallest absolute Gasteiger partial charge is 0.324 e. The van der Waals surface area contributed by atoms with Crippen molar-refractivity contribution in [1.29, 1.82) is 0 Å². The fraction of sp³-hybridized carbons (Fsp3) is 0.909. The minimum absolute atomic E-state index is 0.194. The molecule has 1 unspecified atom stereocenters. The van der Waals surface area contributed by atoms with Crippen molar-refractivity contribution in [3.8, 4) is 0 Å². The summed E-state index contributed by atoms with van der Waals surface area (Å²) in [6.45, 7) is 7.33. The molecule has 0 aromatic carbocycles. The molecule has 0 saturated carbocycles. The Bertz CT molecular complexity index is 188. The quantitative estimate of drug-likeness (QED) is 0.572. The van der Waals surface area contributed by atoms with Gasteiger partial charge in [0.05, 0.1) is 13.2 Å². The molecule has 0 bridgehead atoms. The van der Waals surface area contributed by atoms with Gasteiger partial charge < -0.3 is 14.8 Å². The van der Waals surface area contributed by atoms with Gasteiger partial charge in [-0.15, -0.1) is 0 Å². The number of methoxy groups -OCH3 is 1. The van der Waals surface area contributed by atoms with E-state index in [2.05, 4.69) is 17.1 Å². The SMILES string of the molecule is CCOC(=O)C(CN(CC)CCOC)NC. The lowest BCUT2D eigenvalue weighted by atomic mass is 10.2. The Balaban J connectivity index is 4.10. The topological polar surface area (TPSA) is 50.8 Å². The molecule has 0 rings (SSSR count). The summed E-state index contributed by atoms with van der Waals surface area (Å²) < 4.78 is 10.0. The molecule has 5 heteroatoms. The summed E-state index contributed by atoms with van der Waals surface area (Å²) in [4.78, 5) is 13.7. The van der Waals surface area contributed by atoms with Gasteiger partial charge in [-0.2, -0.15) is 0 Å². The summed E-state index contributed by atoms with van der Waals surface area (Å²) in [5.41, 5.74) is 0. The predicted octanol–water partition coefficient (Wildman–Crippen LogP) is 0.106. The van der Waals surface area contributed by atoms with Crippen molar-refractivity contribution in [2.45, 2.75) is 19.9 Å². The molecule has 0 saturated heterocycles. The lowest BCUT2D eigenvalue weighted by molar-refractivity contribution is -0.146. The van der Waals surface area contributed by atoms with Gasteiger partial charge in [-0.3, -0.25) is 9.69 Å². The van der Waals surface area contributed by atoms with Crippen LogP contribution in [0.2, 0.25) is 0 Å². The maximum atomic E-state index is 11.6. The maximum Gasteiger partial charge on any atom is 0.324 e. The van der Waals surface area contributed by atoms with E-state index in [-0.39, 0.29) is 12.0 Å². The van der Waals surface area contributed by atoms with Crippen LogP contribution in [0.1, 0.15) is 13.8 Å². The minimum atomic E-state index is -0.267. The molecule has 0 fully saturated rings. The highest BCUT2D eigenvalue weighted by atomic mass is 16.5. The van der Waals surface area contributed by atoms with Crippen LogP contribution >= 0.6 is 0 Å². The maximum absolute atomic E-state index is 11.6. The lowest BCUT2D eigenvalue weighted by Gasteiger charge is -2.24. The number of nitrogens with zero attached hydrogens (tertiary/aromatic N) is 1. The lowest BCUT2D eigenvalue weighted by Crippen LogP contribution is -2.46. The van der Waals surface area contributed by atoms with Crippen LogP contribution < -0.4 is 5.32 Å². The van der Waals surface area contributed by atoms with Crippen LogP contribution in [0, 0.1) is 0 Å². The summed E-state index contributed by atoms with van der Waals surface area (Å²) in [5.74, 6) is -0.194. The second-order valence-corrected chi connectivity index (χ2v) is 3.48.